The monoisotopic (exact) mass is 373 g/mol. The summed E-state index contributed by atoms with van der Waals surface area (Å²) in [6.07, 6.45) is 1.88. The Bertz CT molecular complexity index is 558. The third-order valence-electron chi connectivity index (χ3n) is 3.93. The number of hydrogen-bond donors (Lipinski definition) is 1. The third kappa shape index (κ3) is 3.40. The SMILES string of the molecule is CCCC1(C(=O)O)CCN(C(=O)c2cc(Cl)cc(Br)c2)C1. The van der Waals surface area contributed by atoms with Gasteiger partial charge in [-0.05, 0) is 31.0 Å². The Labute approximate surface area is 137 Å². The summed E-state index contributed by atoms with van der Waals surface area (Å²) in [5.74, 6) is -0.982. The molecule has 1 atom stereocenters. The van der Waals surface area contributed by atoms with E-state index in [0.717, 1.165) is 10.9 Å². The molecule has 0 saturated carbocycles. The van der Waals surface area contributed by atoms with Crippen molar-refractivity contribution in [3.05, 3.63) is 33.3 Å². The van der Waals surface area contributed by atoms with Gasteiger partial charge in [0.2, 0.25) is 0 Å². The van der Waals surface area contributed by atoms with Gasteiger partial charge in [-0.15, -0.1) is 0 Å². The number of carbonyl (C=O) groups excluding carboxylic acids is 1. The first-order valence-electron chi connectivity index (χ1n) is 6.87. The van der Waals surface area contributed by atoms with Gasteiger partial charge in [0.05, 0.1) is 5.41 Å². The van der Waals surface area contributed by atoms with Crippen LogP contribution in [0, 0.1) is 5.41 Å². The molecule has 6 heteroatoms. The molecule has 0 spiro atoms. The van der Waals surface area contributed by atoms with Crippen molar-refractivity contribution in [2.75, 3.05) is 13.1 Å². The molecule has 0 aliphatic carbocycles. The summed E-state index contributed by atoms with van der Waals surface area (Å²) in [6, 6.07) is 5.02. The van der Waals surface area contributed by atoms with E-state index in [1.165, 1.54) is 0 Å². The molecule has 1 aliphatic heterocycles. The van der Waals surface area contributed by atoms with E-state index < -0.39 is 11.4 Å². The smallest absolute Gasteiger partial charge is 0.311 e. The van der Waals surface area contributed by atoms with E-state index in [1.54, 1.807) is 23.1 Å². The molecule has 1 amide bonds. The molecule has 21 heavy (non-hydrogen) atoms. The van der Waals surface area contributed by atoms with Gasteiger partial charge in [-0.2, -0.15) is 0 Å². The number of benzene rings is 1. The molecule has 0 aromatic heterocycles. The van der Waals surface area contributed by atoms with Gasteiger partial charge in [-0.1, -0.05) is 40.9 Å². The van der Waals surface area contributed by atoms with Crippen molar-refractivity contribution in [2.45, 2.75) is 26.2 Å². The normalized spacial score (nSPS) is 21.6. The molecule has 1 heterocycles. The average Bonchev–Trinajstić information content (AvgIpc) is 2.83. The maximum Gasteiger partial charge on any atom is 0.311 e. The fourth-order valence-electron chi connectivity index (χ4n) is 2.87. The highest BCUT2D eigenvalue weighted by Gasteiger charge is 2.45. The molecule has 4 nitrogen and oxygen atoms in total. The zero-order valence-corrected chi connectivity index (χ0v) is 14.1. The van der Waals surface area contributed by atoms with Gasteiger partial charge in [-0.25, -0.2) is 0 Å². The number of carbonyl (C=O) groups is 2. The highest BCUT2D eigenvalue weighted by Crippen LogP contribution is 2.36. The minimum Gasteiger partial charge on any atom is -0.481 e. The fourth-order valence-corrected chi connectivity index (χ4v) is 3.73. The maximum absolute atomic E-state index is 12.5. The summed E-state index contributed by atoms with van der Waals surface area (Å²) in [6.45, 7) is 2.69. The van der Waals surface area contributed by atoms with Crippen molar-refractivity contribution in [3.63, 3.8) is 0 Å². The molecule has 1 aliphatic rings. The Hall–Kier alpha value is -1.07. The van der Waals surface area contributed by atoms with Gasteiger partial charge in [0, 0.05) is 28.1 Å². The van der Waals surface area contributed by atoms with Crippen LogP contribution >= 0.6 is 27.5 Å². The molecule has 1 aromatic carbocycles. The lowest BCUT2D eigenvalue weighted by Crippen LogP contribution is -2.36. The van der Waals surface area contributed by atoms with Crippen LogP contribution in [0.15, 0.2) is 22.7 Å². The van der Waals surface area contributed by atoms with Crippen molar-refractivity contribution < 1.29 is 14.7 Å². The van der Waals surface area contributed by atoms with Gasteiger partial charge in [0.15, 0.2) is 0 Å². The van der Waals surface area contributed by atoms with E-state index in [-0.39, 0.29) is 12.5 Å². The summed E-state index contributed by atoms with van der Waals surface area (Å²) in [5, 5.41) is 9.96. The third-order valence-corrected chi connectivity index (χ3v) is 4.61. The van der Waals surface area contributed by atoms with E-state index in [4.69, 9.17) is 11.6 Å². The number of hydrogen-bond acceptors (Lipinski definition) is 2. The molecule has 0 bridgehead atoms. The summed E-state index contributed by atoms with van der Waals surface area (Å²) >= 11 is 9.27. The minimum atomic E-state index is -0.813. The Morgan fingerprint density at radius 1 is 1.43 bits per heavy atom. The van der Waals surface area contributed by atoms with Crippen LogP contribution in [0.3, 0.4) is 0 Å². The Balaban J connectivity index is 2.20. The lowest BCUT2D eigenvalue weighted by Gasteiger charge is -2.24. The number of likely N-dealkylation sites (tertiary alicyclic amines) is 1. The predicted octanol–water partition coefficient (Wildman–Crippen LogP) is 3.82. The standard InChI is InChI=1S/C15H17BrClNO3/c1-2-3-15(14(20)21)4-5-18(9-15)13(19)10-6-11(16)8-12(17)7-10/h6-8H,2-5,9H2,1H3,(H,20,21). The van der Waals surface area contributed by atoms with Gasteiger partial charge in [0.25, 0.3) is 5.91 Å². The zero-order valence-electron chi connectivity index (χ0n) is 11.7. The average molecular weight is 375 g/mol. The number of rotatable bonds is 4. The predicted molar refractivity (Wildman–Crippen MR) is 84.6 cm³/mol. The molecule has 1 aromatic rings. The molecular formula is C15H17BrClNO3. The molecule has 1 saturated heterocycles. The topological polar surface area (TPSA) is 57.6 Å². The van der Waals surface area contributed by atoms with Gasteiger partial charge >= 0.3 is 5.97 Å². The second kappa shape index (κ2) is 6.36. The molecule has 1 N–H and O–H groups in total. The van der Waals surface area contributed by atoms with Crippen LogP contribution in [0.4, 0.5) is 0 Å². The molecule has 1 unspecified atom stereocenters. The second-order valence-corrected chi connectivity index (χ2v) is 6.82. The van der Waals surface area contributed by atoms with E-state index in [1.807, 2.05) is 6.92 Å². The number of nitrogens with zero attached hydrogens (tertiary/aromatic N) is 1. The van der Waals surface area contributed by atoms with Crippen molar-refractivity contribution >= 4 is 39.4 Å². The summed E-state index contributed by atoms with van der Waals surface area (Å²) in [4.78, 5) is 25.7. The van der Waals surface area contributed by atoms with Crippen LogP contribution < -0.4 is 0 Å². The lowest BCUT2D eigenvalue weighted by molar-refractivity contribution is -0.148. The van der Waals surface area contributed by atoms with Gasteiger partial charge < -0.3 is 10.0 Å². The molecule has 1 fully saturated rings. The molecule has 114 valence electrons. The van der Waals surface area contributed by atoms with Crippen LogP contribution in [-0.4, -0.2) is 35.0 Å². The Morgan fingerprint density at radius 3 is 2.71 bits per heavy atom. The number of carboxylic acids is 1. The molecule has 2 rings (SSSR count). The first kappa shape index (κ1) is 16.3. The number of carboxylic acid groups (broad SMARTS) is 1. The van der Waals surface area contributed by atoms with Crippen LogP contribution in [0.2, 0.25) is 5.02 Å². The van der Waals surface area contributed by atoms with Crippen molar-refractivity contribution in [3.8, 4) is 0 Å². The van der Waals surface area contributed by atoms with Crippen molar-refractivity contribution in [1.29, 1.82) is 0 Å². The first-order valence-corrected chi connectivity index (χ1v) is 8.04. The van der Waals surface area contributed by atoms with Gasteiger partial charge in [0.1, 0.15) is 0 Å². The summed E-state index contributed by atoms with van der Waals surface area (Å²) < 4.78 is 0.732. The molecule has 0 radical (unpaired) electrons. The second-order valence-electron chi connectivity index (χ2n) is 5.47. The number of halogens is 2. The Kier molecular flexibility index (Phi) is 4.94. The molecular weight excluding hydrogens is 358 g/mol. The number of aliphatic carboxylic acids is 1. The van der Waals surface area contributed by atoms with Crippen molar-refractivity contribution in [1.82, 2.24) is 4.90 Å². The first-order chi connectivity index (χ1) is 9.88. The van der Waals surface area contributed by atoms with E-state index in [9.17, 15) is 14.7 Å². The Morgan fingerprint density at radius 2 is 2.14 bits per heavy atom. The quantitative estimate of drug-likeness (QED) is 0.871. The van der Waals surface area contributed by atoms with Crippen LogP contribution in [0.1, 0.15) is 36.5 Å². The maximum atomic E-state index is 12.5. The van der Waals surface area contributed by atoms with E-state index in [2.05, 4.69) is 15.9 Å². The number of amides is 1. The summed E-state index contributed by atoms with van der Waals surface area (Å²) in [5.41, 5.74) is -0.327. The highest BCUT2D eigenvalue weighted by atomic mass is 79.9. The minimum absolute atomic E-state index is 0.169. The largest absolute Gasteiger partial charge is 0.481 e. The zero-order chi connectivity index (χ0) is 15.6. The highest BCUT2D eigenvalue weighted by molar-refractivity contribution is 9.10. The van der Waals surface area contributed by atoms with Crippen LogP contribution in [0.25, 0.3) is 0 Å². The fraction of sp³-hybridized carbons (Fsp3) is 0.467. The van der Waals surface area contributed by atoms with E-state index in [0.29, 0.717) is 30.0 Å². The van der Waals surface area contributed by atoms with Crippen LogP contribution in [0.5, 0.6) is 0 Å². The lowest BCUT2D eigenvalue weighted by atomic mass is 9.83. The van der Waals surface area contributed by atoms with E-state index >= 15 is 0 Å². The van der Waals surface area contributed by atoms with Crippen molar-refractivity contribution in [2.24, 2.45) is 5.41 Å². The summed E-state index contributed by atoms with van der Waals surface area (Å²) in [7, 11) is 0. The van der Waals surface area contributed by atoms with Gasteiger partial charge in [-0.3, -0.25) is 9.59 Å². The van der Waals surface area contributed by atoms with Crippen LogP contribution in [-0.2, 0) is 4.79 Å².